The summed E-state index contributed by atoms with van der Waals surface area (Å²) in [6.07, 6.45) is 20.3. The number of carbonyl (C=O) groups is 1. The first-order valence-corrected chi connectivity index (χ1v) is 8.59. The molecule has 0 rings (SSSR count). The fourth-order valence-electron chi connectivity index (χ4n) is 2.32. The predicted molar refractivity (Wildman–Crippen MR) is 86.9 cm³/mol. The molecule has 0 aliphatic heterocycles. The summed E-state index contributed by atoms with van der Waals surface area (Å²) in [4.78, 5) is 10.2. The first-order valence-electron chi connectivity index (χ1n) is 8.59. The summed E-state index contributed by atoms with van der Waals surface area (Å²) in [6, 6.07) is 0. The van der Waals surface area contributed by atoms with Gasteiger partial charge in [-0.1, -0.05) is 70.4 Å². The van der Waals surface area contributed by atoms with Gasteiger partial charge in [-0.3, -0.25) is 0 Å². The van der Waals surface area contributed by atoms with Gasteiger partial charge in [0.1, 0.15) is 12.4 Å². The highest BCUT2D eigenvalue weighted by molar-refractivity contribution is 5.55. The summed E-state index contributed by atoms with van der Waals surface area (Å²) in [5.41, 5.74) is 0. The minimum Gasteiger partial charge on any atom is -0.386 e. The zero-order valence-corrected chi connectivity index (χ0v) is 13.4. The highest BCUT2D eigenvalue weighted by atomic mass is 16.3. The molecule has 0 aliphatic rings. The topological polar surface area (TPSA) is 37.3 Å². The lowest BCUT2D eigenvalue weighted by Gasteiger charge is -2.03. The van der Waals surface area contributed by atoms with Gasteiger partial charge < -0.3 is 9.90 Å². The average Bonchev–Trinajstić information content (AvgIpc) is 2.47. The van der Waals surface area contributed by atoms with Crippen LogP contribution >= 0.6 is 0 Å². The molecule has 0 aliphatic carbocycles. The number of carbonyl (C=O) groups excluding carboxylic acids is 1. The molecule has 0 aromatic rings. The van der Waals surface area contributed by atoms with Gasteiger partial charge in [0.25, 0.3) is 0 Å². The van der Waals surface area contributed by atoms with E-state index >= 15 is 0 Å². The van der Waals surface area contributed by atoms with E-state index in [0.29, 0.717) is 12.7 Å². The number of aliphatic hydroxyl groups is 1. The van der Waals surface area contributed by atoms with Crippen molar-refractivity contribution in [3.8, 4) is 0 Å². The predicted octanol–water partition coefficient (Wildman–Crippen LogP) is 5.19. The maximum absolute atomic E-state index is 10.2. The van der Waals surface area contributed by atoms with Crippen LogP contribution in [0.15, 0.2) is 12.2 Å². The van der Waals surface area contributed by atoms with E-state index in [-0.39, 0.29) is 0 Å². The molecule has 0 radical (unpaired) electrons. The van der Waals surface area contributed by atoms with Crippen LogP contribution in [0, 0.1) is 0 Å². The number of allylic oxidation sites excluding steroid dienone is 2. The normalized spacial score (nSPS) is 12.9. The van der Waals surface area contributed by atoms with Crippen molar-refractivity contribution < 1.29 is 9.90 Å². The van der Waals surface area contributed by atoms with Crippen molar-refractivity contribution in [2.24, 2.45) is 0 Å². The second kappa shape index (κ2) is 16.4. The van der Waals surface area contributed by atoms with Crippen LogP contribution in [0.3, 0.4) is 0 Å². The molecule has 1 atom stereocenters. The van der Waals surface area contributed by atoms with Crippen LogP contribution in [0.25, 0.3) is 0 Å². The second-order valence-electron chi connectivity index (χ2n) is 5.72. The van der Waals surface area contributed by atoms with Gasteiger partial charge in [-0.25, -0.2) is 0 Å². The number of aldehydes is 1. The standard InChI is InChI=1S/C18H34O2/c1-2-3-4-5-6-7-8-9-10-11-12-13-14-15-16-18(20)17-19/h6-7,17-18,20H,2-5,8-16H2,1H3/b7-6+. The minimum atomic E-state index is -0.737. The highest BCUT2D eigenvalue weighted by Gasteiger charge is 1.99. The number of aliphatic hydroxyl groups excluding tert-OH is 1. The van der Waals surface area contributed by atoms with E-state index in [1.54, 1.807) is 0 Å². The smallest absolute Gasteiger partial charge is 0.148 e. The van der Waals surface area contributed by atoms with Crippen molar-refractivity contribution in [1.82, 2.24) is 0 Å². The first kappa shape index (κ1) is 19.4. The summed E-state index contributed by atoms with van der Waals surface area (Å²) in [6.45, 7) is 2.24. The fraction of sp³-hybridized carbons (Fsp3) is 0.833. The van der Waals surface area contributed by atoms with Gasteiger partial charge in [0.15, 0.2) is 0 Å². The van der Waals surface area contributed by atoms with Gasteiger partial charge in [0.2, 0.25) is 0 Å². The van der Waals surface area contributed by atoms with Crippen LogP contribution in [0.1, 0.15) is 90.4 Å². The minimum absolute atomic E-state index is 0.631. The molecule has 118 valence electrons. The molecule has 0 aromatic carbocycles. The lowest BCUT2D eigenvalue weighted by Crippen LogP contribution is -2.06. The third-order valence-electron chi connectivity index (χ3n) is 3.67. The molecule has 0 spiro atoms. The van der Waals surface area contributed by atoms with Crippen molar-refractivity contribution in [3.63, 3.8) is 0 Å². The van der Waals surface area contributed by atoms with Gasteiger partial charge >= 0.3 is 0 Å². The Labute approximate surface area is 125 Å². The molecule has 0 bridgehead atoms. The summed E-state index contributed by atoms with van der Waals surface area (Å²) in [5, 5.41) is 9.07. The Kier molecular flexibility index (Phi) is 15.9. The van der Waals surface area contributed by atoms with E-state index < -0.39 is 6.10 Å². The fourth-order valence-corrected chi connectivity index (χ4v) is 2.32. The maximum atomic E-state index is 10.2. The third-order valence-corrected chi connectivity index (χ3v) is 3.67. The lowest BCUT2D eigenvalue weighted by atomic mass is 10.1. The maximum Gasteiger partial charge on any atom is 0.148 e. The average molecular weight is 282 g/mol. The Morgan fingerprint density at radius 1 is 0.800 bits per heavy atom. The van der Waals surface area contributed by atoms with Gasteiger partial charge in [-0.05, 0) is 32.1 Å². The third kappa shape index (κ3) is 15.4. The van der Waals surface area contributed by atoms with Crippen molar-refractivity contribution in [2.45, 2.75) is 96.5 Å². The van der Waals surface area contributed by atoms with Crippen LogP contribution in [0.4, 0.5) is 0 Å². The molecule has 0 aromatic heterocycles. The van der Waals surface area contributed by atoms with Crippen molar-refractivity contribution in [3.05, 3.63) is 12.2 Å². The molecule has 1 unspecified atom stereocenters. The number of unbranched alkanes of at least 4 members (excludes halogenated alkanes) is 10. The van der Waals surface area contributed by atoms with Crippen LogP contribution < -0.4 is 0 Å². The molecule has 0 amide bonds. The Bertz CT molecular complexity index is 223. The monoisotopic (exact) mass is 282 g/mol. The zero-order chi connectivity index (χ0) is 14.9. The second-order valence-corrected chi connectivity index (χ2v) is 5.72. The van der Waals surface area contributed by atoms with Crippen LogP contribution in [0.5, 0.6) is 0 Å². The van der Waals surface area contributed by atoms with E-state index in [0.717, 1.165) is 12.8 Å². The summed E-state index contributed by atoms with van der Waals surface area (Å²) in [7, 11) is 0. The highest BCUT2D eigenvalue weighted by Crippen LogP contribution is 2.11. The number of hydrogen-bond acceptors (Lipinski definition) is 2. The Hall–Kier alpha value is -0.630. The molecule has 0 saturated heterocycles. The van der Waals surface area contributed by atoms with Crippen LogP contribution in [-0.2, 0) is 4.79 Å². The molecule has 20 heavy (non-hydrogen) atoms. The summed E-state index contributed by atoms with van der Waals surface area (Å²) < 4.78 is 0. The van der Waals surface area contributed by atoms with Crippen molar-refractivity contribution in [2.75, 3.05) is 0 Å². The van der Waals surface area contributed by atoms with Crippen LogP contribution in [-0.4, -0.2) is 17.5 Å². The van der Waals surface area contributed by atoms with Crippen LogP contribution in [0.2, 0.25) is 0 Å². The Balaban J connectivity index is 3.07. The van der Waals surface area contributed by atoms with E-state index in [1.807, 2.05) is 0 Å². The molecule has 2 nitrogen and oxygen atoms in total. The molecule has 0 fully saturated rings. The summed E-state index contributed by atoms with van der Waals surface area (Å²) in [5.74, 6) is 0. The number of rotatable bonds is 15. The quantitative estimate of drug-likeness (QED) is 0.255. The molecule has 0 saturated carbocycles. The van der Waals surface area contributed by atoms with Gasteiger partial charge in [0, 0.05) is 0 Å². The van der Waals surface area contributed by atoms with E-state index in [4.69, 9.17) is 5.11 Å². The van der Waals surface area contributed by atoms with E-state index in [1.165, 1.54) is 64.2 Å². The van der Waals surface area contributed by atoms with Gasteiger partial charge in [0.05, 0.1) is 0 Å². The van der Waals surface area contributed by atoms with Crippen molar-refractivity contribution in [1.29, 1.82) is 0 Å². The van der Waals surface area contributed by atoms with Gasteiger partial charge in [-0.15, -0.1) is 0 Å². The molecular formula is C18H34O2. The Morgan fingerprint density at radius 3 is 1.85 bits per heavy atom. The Morgan fingerprint density at radius 2 is 1.30 bits per heavy atom. The molecule has 1 N–H and O–H groups in total. The number of hydrogen-bond donors (Lipinski definition) is 1. The largest absolute Gasteiger partial charge is 0.386 e. The van der Waals surface area contributed by atoms with Crippen molar-refractivity contribution >= 4 is 6.29 Å². The summed E-state index contributed by atoms with van der Waals surface area (Å²) >= 11 is 0. The van der Waals surface area contributed by atoms with E-state index in [9.17, 15) is 4.79 Å². The first-order chi connectivity index (χ1) is 9.81. The SMILES string of the molecule is CCCCC/C=C/CCCCCCCCCC(O)C=O. The zero-order valence-electron chi connectivity index (χ0n) is 13.4. The molecule has 2 heteroatoms. The molecule has 0 heterocycles. The lowest BCUT2D eigenvalue weighted by molar-refractivity contribution is -0.115. The van der Waals surface area contributed by atoms with Gasteiger partial charge in [-0.2, -0.15) is 0 Å². The molecular weight excluding hydrogens is 248 g/mol. The van der Waals surface area contributed by atoms with E-state index in [2.05, 4.69) is 19.1 Å².